The maximum atomic E-state index is 10.9. The van der Waals surface area contributed by atoms with Gasteiger partial charge >= 0.3 is 0 Å². The van der Waals surface area contributed by atoms with E-state index in [2.05, 4.69) is 0 Å². The molecule has 0 rings (SSSR count). The van der Waals surface area contributed by atoms with Gasteiger partial charge in [-0.1, -0.05) is 6.92 Å². The molecule has 0 amide bonds. The molecule has 1 atom stereocenters. The van der Waals surface area contributed by atoms with Gasteiger partial charge in [-0.05, 0) is 20.4 Å². The Morgan fingerprint density at radius 2 is 1.93 bits per heavy atom. The minimum absolute atomic E-state index is 0.198. The average molecular weight is 222 g/mol. The molecule has 1 unspecified atom stereocenters. The van der Waals surface area contributed by atoms with Crippen molar-refractivity contribution in [2.24, 2.45) is 5.73 Å². The van der Waals surface area contributed by atoms with E-state index in [1.165, 1.54) is 6.26 Å². The van der Waals surface area contributed by atoms with Crippen molar-refractivity contribution in [1.29, 1.82) is 0 Å². The standard InChI is InChI=1S/C9H22N2O2S/c1-5-9(2,10)8-11(3)6-7-14(4,12)13/h5-8,10H2,1-4H3. The first-order valence-corrected chi connectivity index (χ1v) is 6.87. The Morgan fingerprint density at radius 1 is 1.43 bits per heavy atom. The summed E-state index contributed by atoms with van der Waals surface area (Å²) in [5.41, 5.74) is 5.74. The third kappa shape index (κ3) is 7.29. The predicted octanol–water partition coefficient (Wildman–Crippen LogP) is 0.0902. The first kappa shape index (κ1) is 13.9. The van der Waals surface area contributed by atoms with Crippen LogP contribution in [0.1, 0.15) is 20.3 Å². The molecule has 0 saturated carbocycles. The monoisotopic (exact) mass is 222 g/mol. The zero-order valence-electron chi connectivity index (χ0n) is 9.58. The fourth-order valence-corrected chi connectivity index (χ4v) is 1.77. The first-order chi connectivity index (χ1) is 6.16. The molecule has 0 spiro atoms. The van der Waals surface area contributed by atoms with Crippen molar-refractivity contribution in [3.05, 3.63) is 0 Å². The summed E-state index contributed by atoms with van der Waals surface area (Å²) in [4.78, 5) is 1.96. The number of rotatable bonds is 6. The number of sulfone groups is 1. The molecule has 0 aromatic rings. The molecule has 0 aliphatic rings. The Morgan fingerprint density at radius 3 is 2.29 bits per heavy atom. The Labute approximate surface area is 87.4 Å². The van der Waals surface area contributed by atoms with Gasteiger partial charge in [-0.15, -0.1) is 0 Å². The van der Waals surface area contributed by atoms with Crippen molar-refractivity contribution >= 4 is 9.84 Å². The van der Waals surface area contributed by atoms with Gasteiger partial charge in [-0.3, -0.25) is 0 Å². The van der Waals surface area contributed by atoms with Crippen molar-refractivity contribution in [3.63, 3.8) is 0 Å². The van der Waals surface area contributed by atoms with Gasteiger partial charge < -0.3 is 10.6 Å². The van der Waals surface area contributed by atoms with E-state index in [-0.39, 0.29) is 11.3 Å². The number of nitrogens with zero attached hydrogens (tertiary/aromatic N) is 1. The molecular weight excluding hydrogens is 200 g/mol. The third-order valence-electron chi connectivity index (χ3n) is 2.28. The fourth-order valence-electron chi connectivity index (χ4n) is 1.13. The summed E-state index contributed by atoms with van der Waals surface area (Å²) in [5, 5.41) is 0. The Hall–Kier alpha value is -0.130. The van der Waals surface area contributed by atoms with E-state index in [4.69, 9.17) is 5.73 Å². The lowest BCUT2D eigenvalue weighted by Crippen LogP contribution is -2.47. The molecule has 0 aromatic heterocycles. The van der Waals surface area contributed by atoms with Crippen LogP contribution in [0, 0.1) is 0 Å². The molecule has 0 aliphatic heterocycles. The summed E-state index contributed by atoms with van der Waals surface area (Å²) in [6, 6.07) is 0. The Balaban J connectivity index is 3.94. The van der Waals surface area contributed by atoms with Gasteiger partial charge in [-0.2, -0.15) is 0 Å². The number of hydrogen-bond acceptors (Lipinski definition) is 4. The molecule has 0 bridgehead atoms. The van der Waals surface area contributed by atoms with Crippen LogP contribution >= 0.6 is 0 Å². The first-order valence-electron chi connectivity index (χ1n) is 4.81. The van der Waals surface area contributed by atoms with Crippen LogP contribution in [-0.2, 0) is 9.84 Å². The second-order valence-corrected chi connectivity index (χ2v) is 6.63. The maximum Gasteiger partial charge on any atom is 0.148 e. The lowest BCUT2D eigenvalue weighted by atomic mass is 10.0. The highest BCUT2D eigenvalue weighted by atomic mass is 32.2. The van der Waals surface area contributed by atoms with Gasteiger partial charge in [0, 0.05) is 24.9 Å². The molecule has 0 saturated heterocycles. The molecule has 0 aliphatic carbocycles. The summed E-state index contributed by atoms with van der Waals surface area (Å²) in [7, 11) is -0.969. The van der Waals surface area contributed by atoms with Gasteiger partial charge in [0.2, 0.25) is 0 Å². The molecule has 0 aromatic carbocycles. The molecule has 5 heteroatoms. The van der Waals surface area contributed by atoms with Crippen molar-refractivity contribution in [2.75, 3.05) is 32.1 Å². The summed E-state index contributed by atoms with van der Waals surface area (Å²) in [5.74, 6) is 0.198. The Bertz CT molecular complexity index is 260. The molecule has 0 heterocycles. The summed E-state index contributed by atoms with van der Waals surface area (Å²) >= 11 is 0. The van der Waals surface area contributed by atoms with Gasteiger partial charge in [0.25, 0.3) is 0 Å². The predicted molar refractivity (Wildman–Crippen MR) is 60.1 cm³/mol. The minimum Gasteiger partial charge on any atom is -0.324 e. The van der Waals surface area contributed by atoms with E-state index in [9.17, 15) is 8.42 Å². The van der Waals surface area contributed by atoms with Crippen LogP contribution in [-0.4, -0.2) is 51.0 Å². The number of hydrogen-bond donors (Lipinski definition) is 1. The number of likely N-dealkylation sites (N-methyl/N-ethyl adjacent to an activating group) is 1. The van der Waals surface area contributed by atoms with E-state index in [0.29, 0.717) is 6.54 Å². The van der Waals surface area contributed by atoms with Crippen LogP contribution in [0.3, 0.4) is 0 Å². The summed E-state index contributed by atoms with van der Waals surface area (Å²) in [6.45, 7) is 5.28. The average Bonchev–Trinajstić information content (AvgIpc) is 1.99. The molecule has 86 valence electrons. The molecular formula is C9H22N2O2S. The summed E-state index contributed by atoms with van der Waals surface area (Å²) in [6.07, 6.45) is 2.14. The van der Waals surface area contributed by atoms with Crippen LogP contribution < -0.4 is 5.73 Å². The molecule has 0 fully saturated rings. The highest BCUT2D eigenvalue weighted by molar-refractivity contribution is 7.90. The van der Waals surface area contributed by atoms with Gasteiger partial charge in [0.1, 0.15) is 9.84 Å². The van der Waals surface area contributed by atoms with E-state index >= 15 is 0 Å². The van der Waals surface area contributed by atoms with Crippen molar-refractivity contribution in [3.8, 4) is 0 Å². The zero-order valence-corrected chi connectivity index (χ0v) is 10.4. The topological polar surface area (TPSA) is 63.4 Å². The SMILES string of the molecule is CCC(C)(N)CN(C)CCS(C)(=O)=O. The van der Waals surface area contributed by atoms with Crippen LogP contribution in [0.15, 0.2) is 0 Å². The lowest BCUT2D eigenvalue weighted by Gasteiger charge is -2.28. The highest BCUT2D eigenvalue weighted by Gasteiger charge is 2.18. The maximum absolute atomic E-state index is 10.9. The minimum atomic E-state index is -2.86. The quantitative estimate of drug-likeness (QED) is 0.692. The van der Waals surface area contributed by atoms with E-state index in [1.807, 2.05) is 25.8 Å². The van der Waals surface area contributed by atoms with Crippen LogP contribution in [0.4, 0.5) is 0 Å². The van der Waals surface area contributed by atoms with Crippen LogP contribution in [0.25, 0.3) is 0 Å². The summed E-state index contributed by atoms with van der Waals surface area (Å²) < 4.78 is 21.8. The third-order valence-corrected chi connectivity index (χ3v) is 3.21. The highest BCUT2D eigenvalue weighted by Crippen LogP contribution is 2.06. The van der Waals surface area contributed by atoms with E-state index in [0.717, 1.165) is 13.0 Å². The van der Waals surface area contributed by atoms with Crippen molar-refractivity contribution in [2.45, 2.75) is 25.8 Å². The number of nitrogens with two attached hydrogens (primary N) is 1. The molecule has 14 heavy (non-hydrogen) atoms. The fraction of sp³-hybridized carbons (Fsp3) is 1.00. The molecule has 0 radical (unpaired) electrons. The smallest absolute Gasteiger partial charge is 0.148 e. The largest absolute Gasteiger partial charge is 0.324 e. The lowest BCUT2D eigenvalue weighted by molar-refractivity contribution is 0.264. The second kappa shape index (κ2) is 5.09. The van der Waals surface area contributed by atoms with Crippen LogP contribution in [0.2, 0.25) is 0 Å². The van der Waals surface area contributed by atoms with Crippen LogP contribution in [0.5, 0.6) is 0 Å². The van der Waals surface area contributed by atoms with Crippen molar-refractivity contribution < 1.29 is 8.42 Å². The van der Waals surface area contributed by atoms with E-state index < -0.39 is 9.84 Å². The van der Waals surface area contributed by atoms with Crippen molar-refractivity contribution in [1.82, 2.24) is 4.90 Å². The second-order valence-electron chi connectivity index (χ2n) is 4.38. The van der Waals surface area contributed by atoms with Gasteiger partial charge in [0.15, 0.2) is 0 Å². The van der Waals surface area contributed by atoms with E-state index in [1.54, 1.807) is 0 Å². The molecule has 4 nitrogen and oxygen atoms in total. The molecule has 2 N–H and O–H groups in total. The van der Waals surface area contributed by atoms with Gasteiger partial charge in [0.05, 0.1) is 5.75 Å². The Kier molecular flexibility index (Phi) is 5.05. The normalized spacial score (nSPS) is 17.0. The van der Waals surface area contributed by atoms with Gasteiger partial charge in [-0.25, -0.2) is 8.42 Å². The zero-order chi connectivity index (χ0) is 11.4.